The monoisotopic (exact) mass is 303 g/mol. The van der Waals surface area contributed by atoms with Gasteiger partial charge in [0, 0.05) is 6.26 Å². The summed E-state index contributed by atoms with van der Waals surface area (Å²) in [6.07, 6.45) is 0.680. The summed E-state index contributed by atoms with van der Waals surface area (Å²) in [6.45, 7) is 0. The molecule has 0 saturated carbocycles. The normalized spacial score (nSPS) is 12.7. The van der Waals surface area contributed by atoms with Crippen molar-refractivity contribution in [2.24, 2.45) is 0 Å². The molecular formula is C12H14FNO5S. The van der Waals surface area contributed by atoms with Gasteiger partial charge in [0.1, 0.15) is 21.7 Å². The molecule has 20 heavy (non-hydrogen) atoms. The number of hydrogen-bond acceptors (Lipinski definition) is 4. The molecule has 0 aliphatic rings. The van der Waals surface area contributed by atoms with Crippen molar-refractivity contribution < 1.29 is 27.5 Å². The third kappa shape index (κ3) is 4.96. The van der Waals surface area contributed by atoms with E-state index < -0.39 is 33.6 Å². The maximum absolute atomic E-state index is 13.4. The zero-order valence-electron chi connectivity index (χ0n) is 10.7. The van der Waals surface area contributed by atoms with Gasteiger partial charge in [-0.25, -0.2) is 17.6 Å². The second kappa shape index (κ2) is 6.47. The molecule has 0 spiro atoms. The average Bonchev–Trinajstić information content (AvgIpc) is 2.33. The summed E-state index contributed by atoms with van der Waals surface area (Å²) in [5.41, 5.74) is -0.293. The van der Waals surface area contributed by atoms with Gasteiger partial charge in [0.2, 0.25) is 0 Å². The molecule has 0 aliphatic carbocycles. The van der Waals surface area contributed by atoms with Gasteiger partial charge >= 0.3 is 5.97 Å². The Kier molecular flexibility index (Phi) is 5.20. The summed E-state index contributed by atoms with van der Waals surface area (Å²) in [5.74, 6) is -3.44. The van der Waals surface area contributed by atoms with Crippen LogP contribution in [0.25, 0.3) is 0 Å². The molecule has 0 aliphatic heterocycles. The number of benzene rings is 1. The van der Waals surface area contributed by atoms with Gasteiger partial charge in [-0.3, -0.25) is 4.79 Å². The molecule has 1 amide bonds. The molecule has 8 heteroatoms. The number of nitrogens with one attached hydrogen (secondary N) is 1. The Labute approximate surface area is 115 Å². The van der Waals surface area contributed by atoms with E-state index in [9.17, 15) is 22.4 Å². The fraction of sp³-hybridized carbons (Fsp3) is 0.333. The first-order valence-electron chi connectivity index (χ1n) is 5.66. The van der Waals surface area contributed by atoms with Gasteiger partial charge < -0.3 is 10.4 Å². The van der Waals surface area contributed by atoms with Crippen molar-refractivity contribution in [3.63, 3.8) is 0 Å². The topological polar surface area (TPSA) is 101 Å². The Hall–Kier alpha value is -1.96. The fourth-order valence-corrected chi connectivity index (χ4v) is 2.13. The second-order valence-electron chi connectivity index (χ2n) is 4.26. The van der Waals surface area contributed by atoms with Crippen molar-refractivity contribution in [3.05, 3.63) is 35.6 Å². The number of hydrogen-bond donors (Lipinski definition) is 2. The highest BCUT2D eigenvalue weighted by Gasteiger charge is 2.23. The number of amides is 1. The van der Waals surface area contributed by atoms with Gasteiger partial charge in [-0.15, -0.1) is 0 Å². The molecule has 1 aromatic carbocycles. The lowest BCUT2D eigenvalue weighted by atomic mass is 10.1. The SMILES string of the molecule is CS(=O)(=O)CCC(NC(=O)c1ccccc1F)C(=O)O. The van der Waals surface area contributed by atoms with Crippen LogP contribution in [0.2, 0.25) is 0 Å². The summed E-state index contributed by atoms with van der Waals surface area (Å²) >= 11 is 0. The molecular weight excluding hydrogens is 289 g/mol. The maximum atomic E-state index is 13.4. The Morgan fingerprint density at radius 3 is 2.45 bits per heavy atom. The van der Waals surface area contributed by atoms with Crippen LogP contribution >= 0.6 is 0 Å². The minimum atomic E-state index is -3.35. The number of aliphatic carboxylic acids is 1. The summed E-state index contributed by atoms with van der Waals surface area (Å²) in [5, 5.41) is 11.0. The van der Waals surface area contributed by atoms with Crippen molar-refractivity contribution in [2.45, 2.75) is 12.5 Å². The average molecular weight is 303 g/mol. The number of sulfone groups is 1. The molecule has 0 bridgehead atoms. The lowest BCUT2D eigenvalue weighted by molar-refractivity contribution is -0.139. The Morgan fingerprint density at radius 1 is 1.35 bits per heavy atom. The van der Waals surface area contributed by atoms with Crippen LogP contribution in [0.4, 0.5) is 4.39 Å². The predicted octanol–water partition coefficient (Wildman–Crippen LogP) is 0.443. The molecule has 0 fully saturated rings. The first-order valence-corrected chi connectivity index (χ1v) is 7.72. The van der Waals surface area contributed by atoms with Crippen molar-refractivity contribution in [1.29, 1.82) is 0 Å². The van der Waals surface area contributed by atoms with Gasteiger partial charge in [0.25, 0.3) is 5.91 Å². The van der Waals surface area contributed by atoms with E-state index in [1.807, 2.05) is 0 Å². The van der Waals surface area contributed by atoms with Crippen molar-refractivity contribution in [3.8, 4) is 0 Å². The quantitative estimate of drug-likeness (QED) is 0.794. The lowest BCUT2D eigenvalue weighted by Crippen LogP contribution is -2.42. The molecule has 0 radical (unpaired) electrons. The third-order valence-corrected chi connectivity index (χ3v) is 3.48. The first kappa shape index (κ1) is 16.1. The van der Waals surface area contributed by atoms with Gasteiger partial charge in [0.05, 0.1) is 11.3 Å². The van der Waals surface area contributed by atoms with E-state index in [1.54, 1.807) is 0 Å². The summed E-state index contributed by atoms with van der Waals surface area (Å²) in [4.78, 5) is 22.7. The van der Waals surface area contributed by atoms with E-state index in [1.165, 1.54) is 18.2 Å². The van der Waals surface area contributed by atoms with E-state index in [0.29, 0.717) is 0 Å². The molecule has 2 N–H and O–H groups in total. The summed E-state index contributed by atoms with van der Waals surface area (Å²) < 4.78 is 35.4. The molecule has 1 atom stereocenters. The standard InChI is InChI=1S/C12H14FNO5S/c1-20(18,19)7-6-10(12(16)17)14-11(15)8-4-2-3-5-9(8)13/h2-5,10H,6-7H2,1H3,(H,14,15)(H,16,17). The maximum Gasteiger partial charge on any atom is 0.326 e. The molecule has 1 unspecified atom stereocenters. The van der Waals surface area contributed by atoms with Crippen LogP contribution in [0.15, 0.2) is 24.3 Å². The highest BCUT2D eigenvalue weighted by molar-refractivity contribution is 7.90. The molecule has 0 heterocycles. The Morgan fingerprint density at radius 2 is 1.95 bits per heavy atom. The predicted molar refractivity (Wildman–Crippen MR) is 69.6 cm³/mol. The third-order valence-electron chi connectivity index (χ3n) is 2.50. The fourth-order valence-electron chi connectivity index (χ4n) is 1.47. The van der Waals surface area contributed by atoms with Gasteiger partial charge in [-0.2, -0.15) is 0 Å². The van der Waals surface area contributed by atoms with Crippen molar-refractivity contribution in [1.82, 2.24) is 5.32 Å². The molecule has 110 valence electrons. The highest BCUT2D eigenvalue weighted by Crippen LogP contribution is 2.07. The number of halogens is 1. The molecule has 1 aromatic rings. The van der Waals surface area contributed by atoms with E-state index in [2.05, 4.69) is 5.32 Å². The zero-order chi connectivity index (χ0) is 15.3. The van der Waals surface area contributed by atoms with Crippen LogP contribution in [0, 0.1) is 5.82 Å². The van der Waals surface area contributed by atoms with Crippen LogP contribution in [0.3, 0.4) is 0 Å². The van der Waals surface area contributed by atoms with E-state index in [4.69, 9.17) is 5.11 Å². The van der Waals surface area contributed by atoms with Crippen LogP contribution in [-0.4, -0.2) is 43.5 Å². The molecule has 1 rings (SSSR count). The molecule has 6 nitrogen and oxygen atoms in total. The summed E-state index contributed by atoms with van der Waals surface area (Å²) in [6, 6.07) is 3.72. The zero-order valence-corrected chi connectivity index (χ0v) is 11.5. The largest absolute Gasteiger partial charge is 0.480 e. The number of carbonyl (C=O) groups excluding carboxylic acids is 1. The van der Waals surface area contributed by atoms with E-state index in [0.717, 1.165) is 12.3 Å². The first-order chi connectivity index (χ1) is 9.20. The van der Waals surface area contributed by atoms with E-state index >= 15 is 0 Å². The van der Waals surface area contributed by atoms with Crippen LogP contribution < -0.4 is 5.32 Å². The summed E-state index contributed by atoms with van der Waals surface area (Å²) in [7, 11) is -3.35. The molecule has 0 saturated heterocycles. The van der Waals surface area contributed by atoms with E-state index in [-0.39, 0.29) is 17.7 Å². The highest BCUT2D eigenvalue weighted by atomic mass is 32.2. The van der Waals surface area contributed by atoms with Gasteiger partial charge in [0.15, 0.2) is 0 Å². The minimum absolute atomic E-state index is 0.283. The Bertz CT molecular complexity index is 614. The van der Waals surface area contributed by atoms with Crippen LogP contribution in [0.1, 0.15) is 16.8 Å². The van der Waals surface area contributed by atoms with Crippen molar-refractivity contribution in [2.75, 3.05) is 12.0 Å². The number of carboxylic acid groups (broad SMARTS) is 1. The molecule has 0 aromatic heterocycles. The number of carbonyl (C=O) groups is 2. The van der Waals surface area contributed by atoms with Crippen molar-refractivity contribution >= 4 is 21.7 Å². The number of carboxylic acids is 1. The smallest absolute Gasteiger partial charge is 0.326 e. The minimum Gasteiger partial charge on any atom is -0.480 e. The lowest BCUT2D eigenvalue weighted by Gasteiger charge is -2.14. The second-order valence-corrected chi connectivity index (χ2v) is 6.52. The van der Waals surface area contributed by atoms with Gasteiger partial charge in [-0.05, 0) is 18.6 Å². The van der Waals surface area contributed by atoms with Crippen LogP contribution in [0.5, 0.6) is 0 Å². The van der Waals surface area contributed by atoms with Crippen LogP contribution in [-0.2, 0) is 14.6 Å². The number of rotatable bonds is 6. The van der Waals surface area contributed by atoms with Gasteiger partial charge in [-0.1, -0.05) is 12.1 Å². The Balaban J connectivity index is 2.79.